The van der Waals surface area contributed by atoms with Gasteiger partial charge in [0.25, 0.3) is 0 Å². The van der Waals surface area contributed by atoms with E-state index in [9.17, 15) is 0 Å². The predicted octanol–water partition coefficient (Wildman–Crippen LogP) is 3.99. The predicted molar refractivity (Wildman–Crippen MR) is 99.1 cm³/mol. The Morgan fingerprint density at radius 1 is 1.17 bits per heavy atom. The van der Waals surface area contributed by atoms with Gasteiger partial charge in [-0.05, 0) is 37.4 Å². The number of aromatic nitrogens is 2. The third kappa shape index (κ3) is 3.21. The molecule has 4 nitrogen and oxygen atoms in total. The van der Waals surface area contributed by atoms with E-state index in [2.05, 4.69) is 53.4 Å². The molecule has 3 rings (SSSR count). The number of anilines is 1. The second-order valence-corrected chi connectivity index (χ2v) is 6.76. The largest absolute Gasteiger partial charge is 0.369 e. The molecule has 2 aromatic heterocycles. The van der Waals surface area contributed by atoms with Crippen LogP contribution in [0.4, 0.5) is 5.82 Å². The van der Waals surface area contributed by atoms with Crippen LogP contribution in [0.25, 0.3) is 21.3 Å². The van der Waals surface area contributed by atoms with Crippen molar-refractivity contribution in [2.75, 3.05) is 18.4 Å². The lowest BCUT2D eigenvalue weighted by molar-refractivity contribution is 0.871. The summed E-state index contributed by atoms with van der Waals surface area (Å²) >= 11 is 1.72. The van der Waals surface area contributed by atoms with Gasteiger partial charge in [-0.2, -0.15) is 0 Å². The first-order chi connectivity index (χ1) is 11.2. The van der Waals surface area contributed by atoms with E-state index < -0.39 is 0 Å². The summed E-state index contributed by atoms with van der Waals surface area (Å²) < 4.78 is 0. The van der Waals surface area contributed by atoms with Gasteiger partial charge in [0.2, 0.25) is 0 Å². The van der Waals surface area contributed by atoms with Crippen LogP contribution in [0.3, 0.4) is 0 Å². The molecule has 0 radical (unpaired) electrons. The number of nitrogens with zero attached hydrogens (tertiary/aromatic N) is 2. The van der Waals surface area contributed by atoms with Crippen molar-refractivity contribution in [2.24, 2.45) is 5.73 Å². The highest BCUT2D eigenvalue weighted by atomic mass is 32.1. The molecule has 0 fully saturated rings. The van der Waals surface area contributed by atoms with Crippen molar-refractivity contribution in [3.63, 3.8) is 0 Å². The third-order valence-electron chi connectivity index (χ3n) is 3.99. The molecule has 0 unspecified atom stereocenters. The molecule has 0 saturated heterocycles. The number of benzene rings is 1. The smallest absolute Gasteiger partial charge is 0.138 e. The summed E-state index contributed by atoms with van der Waals surface area (Å²) in [5.74, 6) is 0.905. The first-order valence-corrected chi connectivity index (χ1v) is 8.83. The fourth-order valence-electron chi connectivity index (χ4n) is 2.74. The zero-order chi connectivity index (χ0) is 16.2. The van der Waals surface area contributed by atoms with Crippen LogP contribution in [0, 0.1) is 6.92 Å². The molecule has 120 valence electrons. The molecule has 23 heavy (non-hydrogen) atoms. The van der Waals surface area contributed by atoms with Gasteiger partial charge in [-0.3, -0.25) is 0 Å². The summed E-state index contributed by atoms with van der Waals surface area (Å²) in [6.45, 7) is 5.83. The number of hydrogen-bond donors (Lipinski definition) is 2. The molecule has 2 heterocycles. The van der Waals surface area contributed by atoms with Crippen LogP contribution in [-0.2, 0) is 6.42 Å². The van der Waals surface area contributed by atoms with Gasteiger partial charge in [-0.25, -0.2) is 9.97 Å². The second kappa shape index (κ2) is 7.06. The lowest BCUT2D eigenvalue weighted by Gasteiger charge is -2.09. The van der Waals surface area contributed by atoms with Gasteiger partial charge in [0.1, 0.15) is 17.0 Å². The van der Waals surface area contributed by atoms with Crippen molar-refractivity contribution < 1.29 is 0 Å². The van der Waals surface area contributed by atoms with Gasteiger partial charge in [-0.15, -0.1) is 11.3 Å². The summed E-state index contributed by atoms with van der Waals surface area (Å²) in [7, 11) is 0. The van der Waals surface area contributed by atoms with E-state index in [-0.39, 0.29) is 0 Å². The average Bonchev–Trinajstić information content (AvgIpc) is 2.92. The zero-order valence-electron chi connectivity index (χ0n) is 13.6. The Bertz CT molecular complexity index is 793. The highest BCUT2D eigenvalue weighted by molar-refractivity contribution is 7.19. The van der Waals surface area contributed by atoms with E-state index in [1.54, 1.807) is 17.7 Å². The van der Waals surface area contributed by atoms with Crippen molar-refractivity contribution in [3.05, 3.63) is 41.0 Å². The van der Waals surface area contributed by atoms with Crippen LogP contribution in [0.5, 0.6) is 0 Å². The van der Waals surface area contributed by atoms with Crippen LogP contribution in [0.15, 0.2) is 30.6 Å². The highest BCUT2D eigenvalue weighted by Gasteiger charge is 2.16. The van der Waals surface area contributed by atoms with Crippen molar-refractivity contribution in [1.82, 2.24) is 9.97 Å². The van der Waals surface area contributed by atoms with Crippen molar-refractivity contribution in [3.8, 4) is 11.1 Å². The molecular weight excluding hydrogens is 304 g/mol. The SMILES string of the molecule is CCc1ccc(-c2c(C)sc3ncnc(NCCCN)c23)cc1. The summed E-state index contributed by atoms with van der Waals surface area (Å²) in [6, 6.07) is 8.79. The maximum absolute atomic E-state index is 5.59. The molecule has 0 aliphatic carbocycles. The molecule has 0 spiro atoms. The monoisotopic (exact) mass is 326 g/mol. The van der Waals surface area contributed by atoms with Crippen LogP contribution in [-0.4, -0.2) is 23.1 Å². The molecule has 0 bridgehead atoms. The van der Waals surface area contributed by atoms with E-state index in [1.165, 1.54) is 21.6 Å². The molecule has 0 saturated carbocycles. The van der Waals surface area contributed by atoms with Crippen LogP contribution in [0.2, 0.25) is 0 Å². The molecular formula is C18H22N4S. The fourth-order valence-corrected chi connectivity index (χ4v) is 3.75. The van der Waals surface area contributed by atoms with Crippen LogP contribution >= 0.6 is 11.3 Å². The molecule has 3 N–H and O–H groups in total. The summed E-state index contributed by atoms with van der Waals surface area (Å²) in [5, 5.41) is 4.53. The molecule has 3 aromatic rings. The van der Waals surface area contributed by atoms with E-state index >= 15 is 0 Å². The Morgan fingerprint density at radius 3 is 2.65 bits per heavy atom. The number of rotatable bonds is 6. The number of hydrogen-bond acceptors (Lipinski definition) is 5. The molecule has 5 heteroatoms. The number of nitrogens with one attached hydrogen (secondary N) is 1. The van der Waals surface area contributed by atoms with Crippen molar-refractivity contribution in [2.45, 2.75) is 26.7 Å². The minimum Gasteiger partial charge on any atom is -0.369 e. The minimum atomic E-state index is 0.676. The van der Waals surface area contributed by atoms with E-state index in [0.717, 1.165) is 35.4 Å². The lowest BCUT2D eigenvalue weighted by Crippen LogP contribution is -2.09. The summed E-state index contributed by atoms with van der Waals surface area (Å²) in [6.07, 6.45) is 3.61. The Hall–Kier alpha value is -1.98. The number of nitrogens with two attached hydrogens (primary N) is 1. The van der Waals surface area contributed by atoms with Gasteiger partial charge in [0.05, 0.1) is 5.39 Å². The van der Waals surface area contributed by atoms with Gasteiger partial charge >= 0.3 is 0 Å². The molecule has 0 amide bonds. The fraction of sp³-hybridized carbons (Fsp3) is 0.333. The molecule has 0 aliphatic heterocycles. The first-order valence-electron chi connectivity index (χ1n) is 8.02. The Morgan fingerprint density at radius 2 is 1.96 bits per heavy atom. The zero-order valence-corrected chi connectivity index (χ0v) is 14.4. The lowest BCUT2D eigenvalue weighted by atomic mass is 10.0. The van der Waals surface area contributed by atoms with E-state index in [0.29, 0.717) is 6.54 Å². The standard InChI is InChI=1S/C18H22N4S/c1-3-13-5-7-14(8-6-13)15-12(2)23-18-16(15)17(21-11-22-18)20-10-4-9-19/h5-8,11H,3-4,9-10,19H2,1-2H3,(H,20,21,22). The number of fused-ring (bicyclic) bond motifs is 1. The quantitative estimate of drug-likeness (QED) is 0.672. The third-order valence-corrected chi connectivity index (χ3v) is 5.00. The highest BCUT2D eigenvalue weighted by Crippen LogP contribution is 2.40. The van der Waals surface area contributed by atoms with Gasteiger partial charge < -0.3 is 11.1 Å². The number of aryl methyl sites for hydroxylation is 2. The van der Waals surface area contributed by atoms with Crippen molar-refractivity contribution in [1.29, 1.82) is 0 Å². The molecule has 0 atom stereocenters. The Kier molecular flexibility index (Phi) is 4.88. The van der Waals surface area contributed by atoms with Crippen LogP contribution in [0.1, 0.15) is 23.8 Å². The first kappa shape index (κ1) is 15.9. The number of thiophene rings is 1. The van der Waals surface area contributed by atoms with E-state index in [4.69, 9.17) is 5.73 Å². The molecule has 0 aliphatic rings. The van der Waals surface area contributed by atoms with Gasteiger partial charge in [-0.1, -0.05) is 31.2 Å². The minimum absolute atomic E-state index is 0.676. The Balaban J connectivity index is 2.09. The second-order valence-electron chi connectivity index (χ2n) is 5.56. The average molecular weight is 326 g/mol. The maximum Gasteiger partial charge on any atom is 0.138 e. The Labute approximate surface area is 140 Å². The summed E-state index contributed by atoms with van der Waals surface area (Å²) in [5.41, 5.74) is 9.40. The molecule has 1 aromatic carbocycles. The topological polar surface area (TPSA) is 63.8 Å². The van der Waals surface area contributed by atoms with Gasteiger partial charge in [0, 0.05) is 17.0 Å². The maximum atomic E-state index is 5.59. The normalized spacial score (nSPS) is 11.1. The van der Waals surface area contributed by atoms with Crippen molar-refractivity contribution >= 4 is 27.4 Å². The van der Waals surface area contributed by atoms with E-state index in [1.807, 2.05) is 0 Å². The summed E-state index contributed by atoms with van der Waals surface area (Å²) in [4.78, 5) is 11.2. The van der Waals surface area contributed by atoms with Gasteiger partial charge in [0.15, 0.2) is 0 Å². The van der Waals surface area contributed by atoms with Crippen LogP contribution < -0.4 is 11.1 Å².